The highest BCUT2D eigenvalue weighted by molar-refractivity contribution is 5.67. The molecule has 0 radical (unpaired) electrons. The Kier molecular flexibility index (Phi) is 2.33. The van der Waals surface area contributed by atoms with Gasteiger partial charge in [-0.05, 0) is 26.2 Å². The van der Waals surface area contributed by atoms with E-state index in [0.717, 1.165) is 19.3 Å². The van der Waals surface area contributed by atoms with Crippen molar-refractivity contribution in [3.8, 4) is 0 Å². The highest BCUT2D eigenvalue weighted by atomic mass is 16.5. The monoisotopic (exact) mass is 196 g/mol. The summed E-state index contributed by atoms with van der Waals surface area (Å²) in [5, 5.41) is 3.74. The fraction of sp³-hybridized carbons (Fsp3) is 0.667. The van der Waals surface area contributed by atoms with E-state index in [4.69, 9.17) is 9.26 Å². The normalized spacial score (nSPS) is 27.5. The van der Waals surface area contributed by atoms with E-state index in [0.29, 0.717) is 18.7 Å². The van der Waals surface area contributed by atoms with E-state index in [2.05, 4.69) is 10.1 Å². The van der Waals surface area contributed by atoms with Crippen LogP contribution in [-0.2, 0) is 10.3 Å². The van der Waals surface area contributed by atoms with Crippen LogP contribution in [0.3, 0.4) is 0 Å². The van der Waals surface area contributed by atoms with E-state index in [1.165, 1.54) is 0 Å². The second-order valence-corrected chi connectivity index (χ2v) is 3.61. The zero-order valence-electron chi connectivity index (χ0n) is 8.02. The van der Waals surface area contributed by atoms with Gasteiger partial charge in [0.1, 0.15) is 5.60 Å². The van der Waals surface area contributed by atoms with Gasteiger partial charge in [0, 0.05) is 6.61 Å². The Hall–Kier alpha value is -1.23. The predicted octanol–water partition coefficient (Wildman–Crippen LogP) is 1.30. The molecule has 1 aliphatic heterocycles. The summed E-state index contributed by atoms with van der Waals surface area (Å²) in [4.78, 5) is 14.3. The fourth-order valence-electron chi connectivity index (χ4n) is 1.61. The average Bonchev–Trinajstić information content (AvgIpc) is 2.67. The fourth-order valence-corrected chi connectivity index (χ4v) is 1.61. The molecule has 76 valence electrons. The molecule has 1 saturated heterocycles. The number of aldehydes is 1. The number of hydrogen-bond acceptors (Lipinski definition) is 5. The molecule has 0 aromatic carbocycles. The van der Waals surface area contributed by atoms with Gasteiger partial charge in [0.15, 0.2) is 0 Å². The molecule has 1 unspecified atom stereocenters. The number of nitrogens with zero attached hydrogens (tertiary/aromatic N) is 2. The molecule has 14 heavy (non-hydrogen) atoms. The molecule has 1 aromatic heterocycles. The topological polar surface area (TPSA) is 65.2 Å². The van der Waals surface area contributed by atoms with Crippen LogP contribution in [0.25, 0.3) is 0 Å². The summed E-state index contributed by atoms with van der Waals surface area (Å²) >= 11 is 0. The van der Waals surface area contributed by atoms with Gasteiger partial charge in [-0.3, -0.25) is 4.79 Å². The molecule has 0 spiro atoms. The van der Waals surface area contributed by atoms with Gasteiger partial charge in [-0.2, -0.15) is 4.98 Å². The summed E-state index contributed by atoms with van der Waals surface area (Å²) in [5.41, 5.74) is -0.483. The smallest absolute Gasteiger partial charge is 0.290 e. The molecule has 0 amide bonds. The van der Waals surface area contributed by atoms with Gasteiger partial charge >= 0.3 is 0 Å². The Bertz CT molecular complexity index is 329. The summed E-state index contributed by atoms with van der Waals surface area (Å²) in [5.74, 6) is 0.481. The lowest BCUT2D eigenvalue weighted by Crippen LogP contribution is -2.31. The minimum Gasteiger partial charge on any atom is -0.367 e. The summed E-state index contributed by atoms with van der Waals surface area (Å²) in [6, 6.07) is 0. The van der Waals surface area contributed by atoms with E-state index in [1.54, 1.807) is 0 Å². The van der Waals surface area contributed by atoms with Crippen LogP contribution >= 0.6 is 0 Å². The van der Waals surface area contributed by atoms with Crippen molar-refractivity contribution in [3.05, 3.63) is 11.7 Å². The first-order chi connectivity index (χ1) is 6.74. The summed E-state index contributed by atoms with van der Waals surface area (Å²) < 4.78 is 10.3. The highest BCUT2D eigenvalue weighted by Crippen LogP contribution is 2.32. The Morgan fingerprint density at radius 1 is 1.50 bits per heavy atom. The first kappa shape index (κ1) is 9.33. The molecule has 1 aliphatic rings. The third-order valence-corrected chi connectivity index (χ3v) is 2.48. The summed E-state index contributed by atoms with van der Waals surface area (Å²) in [6.07, 6.45) is 3.56. The van der Waals surface area contributed by atoms with Crippen LogP contribution < -0.4 is 0 Å². The van der Waals surface area contributed by atoms with Crippen molar-refractivity contribution in [1.29, 1.82) is 0 Å². The molecule has 1 fully saturated rings. The maximum Gasteiger partial charge on any atom is 0.290 e. The Morgan fingerprint density at radius 3 is 2.93 bits per heavy atom. The summed E-state index contributed by atoms with van der Waals surface area (Å²) in [7, 11) is 0. The van der Waals surface area contributed by atoms with Crippen LogP contribution in [0.2, 0.25) is 0 Å². The number of ether oxygens (including phenoxy) is 1. The summed E-state index contributed by atoms with van der Waals surface area (Å²) in [6.45, 7) is 2.63. The SMILES string of the molecule is CC1(c2noc(C=O)n2)CCCCO1. The van der Waals surface area contributed by atoms with Crippen molar-refractivity contribution in [3.63, 3.8) is 0 Å². The van der Waals surface area contributed by atoms with Gasteiger partial charge in [0.2, 0.25) is 12.1 Å². The van der Waals surface area contributed by atoms with Crippen LogP contribution in [0.4, 0.5) is 0 Å². The lowest BCUT2D eigenvalue weighted by Gasteiger charge is -2.30. The molecular formula is C9H12N2O3. The van der Waals surface area contributed by atoms with Crippen molar-refractivity contribution >= 4 is 6.29 Å². The molecule has 0 bridgehead atoms. The van der Waals surface area contributed by atoms with Crippen molar-refractivity contribution in [2.45, 2.75) is 31.8 Å². The maximum atomic E-state index is 10.4. The van der Waals surface area contributed by atoms with Crippen molar-refractivity contribution in [1.82, 2.24) is 10.1 Å². The van der Waals surface area contributed by atoms with Gasteiger partial charge in [0.05, 0.1) is 0 Å². The van der Waals surface area contributed by atoms with Crippen LogP contribution in [0.5, 0.6) is 0 Å². The van der Waals surface area contributed by atoms with E-state index in [9.17, 15) is 4.79 Å². The second-order valence-electron chi connectivity index (χ2n) is 3.61. The molecule has 2 rings (SSSR count). The van der Waals surface area contributed by atoms with Crippen molar-refractivity contribution in [2.75, 3.05) is 6.61 Å². The molecule has 5 nitrogen and oxygen atoms in total. The van der Waals surface area contributed by atoms with E-state index >= 15 is 0 Å². The number of hydrogen-bond donors (Lipinski definition) is 0. The second kappa shape index (κ2) is 3.49. The first-order valence-electron chi connectivity index (χ1n) is 4.68. The molecule has 0 N–H and O–H groups in total. The van der Waals surface area contributed by atoms with Gasteiger partial charge in [0.25, 0.3) is 5.89 Å². The van der Waals surface area contributed by atoms with Gasteiger partial charge in [-0.25, -0.2) is 0 Å². The first-order valence-corrected chi connectivity index (χ1v) is 4.68. The van der Waals surface area contributed by atoms with Gasteiger partial charge in [-0.15, -0.1) is 0 Å². The zero-order valence-corrected chi connectivity index (χ0v) is 8.02. The number of carbonyl (C=O) groups excluding carboxylic acids is 1. The van der Waals surface area contributed by atoms with Gasteiger partial charge in [-0.1, -0.05) is 5.16 Å². The van der Waals surface area contributed by atoms with Crippen molar-refractivity contribution < 1.29 is 14.1 Å². The Balaban J connectivity index is 2.23. The Morgan fingerprint density at radius 2 is 2.36 bits per heavy atom. The molecule has 1 aromatic rings. The molecule has 2 heterocycles. The van der Waals surface area contributed by atoms with Crippen molar-refractivity contribution in [2.24, 2.45) is 0 Å². The molecule has 0 aliphatic carbocycles. The largest absolute Gasteiger partial charge is 0.367 e. The minimum atomic E-state index is -0.483. The molecule has 0 saturated carbocycles. The number of rotatable bonds is 2. The van der Waals surface area contributed by atoms with Crippen LogP contribution in [0.15, 0.2) is 4.52 Å². The van der Waals surface area contributed by atoms with E-state index in [1.807, 2.05) is 6.92 Å². The average molecular weight is 196 g/mol. The highest BCUT2D eigenvalue weighted by Gasteiger charge is 2.34. The van der Waals surface area contributed by atoms with Crippen LogP contribution in [0.1, 0.15) is 42.7 Å². The van der Waals surface area contributed by atoms with Crippen LogP contribution in [0, 0.1) is 0 Å². The number of carbonyl (C=O) groups is 1. The van der Waals surface area contributed by atoms with Gasteiger partial charge < -0.3 is 9.26 Å². The third kappa shape index (κ3) is 1.55. The molecule has 5 heteroatoms. The minimum absolute atomic E-state index is 0.00963. The third-order valence-electron chi connectivity index (χ3n) is 2.48. The predicted molar refractivity (Wildman–Crippen MR) is 46.8 cm³/mol. The quantitative estimate of drug-likeness (QED) is 0.667. The Labute approximate surface area is 81.4 Å². The molecule has 1 atom stereocenters. The lowest BCUT2D eigenvalue weighted by atomic mass is 9.95. The van der Waals surface area contributed by atoms with E-state index in [-0.39, 0.29) is 5.89 Å². The lowest BCUT2D eigenvalue weighted by molar-refractivity contribution is -0.0770. The zero-order chi connectivity index (χ0) is 10.0. The standard InChI is InChI=1S/C9H12N2O3/c1-9(4-2-3-5-13-9)8-10-7(6-12)14-11-8/h6H,2-5H2,1H3. The number of aromatic nitrogens is 2. The maximum absolute atomic E-state index is 10.4. The van der Waals surface area contributed by atoms with Crippen LogP contribution in [-0.4, -0.2) is 23.0 Å². The molecular weight excluding hydrogens is 184 g/mol. The van der Waals surface area contributed by atoms with E-state index < -0.39 is 5.60 Å².